The van der Waals surface area contributed by atoms with Crippen molar-refractivity contribution in [2.75, 3.05) is 11.4 Å². The molecule has 1 heterocycles. The van der Waals surface area contributed by atoms with Crippen LogP contribution in [0.3, 0.4) is 0 Å². The summed E-state index contributed by atoms with van der Waals surface area (Å²) < 4.78 is 5.35. The summed E-state index contributed by atoms with van der Waals surface area (Å²) >= 11 is 0. The summed E-state index contributed by atoms with van der Waals surface area (Å²) in [5.41, 5.74) is 0. The lowest BCUT2D eigenvalue weighted by Gasteiger charge is -2.28. The van der Waals surface area contributed by atoms with Crippen molar-refractivity contribution in [3.05, 3.63) is 17.9 Å². The number of rotatable bonds is 7. The molecule has 1 aromatic rings. The van der Waals surface area contributed by atoms with Crippen LogP contribution in [-0.4, -0.2) is 23.7 Å². The van der Waals surface area contributed by atoms with Crippen LogP contribution in [0.5, 0.6) is 0 Å². The van der Waals surface area contributed by atoms with Crippen LogP contribution in [-0.2, 0) is 0 Å². The Bertz CT molecular complexity index is 359. The number of carbonyl (C=O) groups is 1. The maximum Gasteiger partial charge on any atom is 0.371 e. The highest BCUT2D eigenvalue weighted by molar-refractivity contribution is 5.84. The first-order chi connectivity index (χ1) is 8.10. The molecule has 0 saturated carbocycles. The molecule has 1 unspecified atom stereocenters. The Kier molecular flexibility index (Phi) is 5.07. The Balaban J connectivity index is 2.83. The summed E-state index contributed by atoms with van der Waals surface area (Å²) in [6.45, 7) is 7.28. The molecule has 1 aromatic heterocycles. The van der Waals surface area contributed by atoms with E-state index in [-0.39, 0.29) is 5.76 Å². The number of carboxylic acids is 1. The predicted octanol–water partition coefficient (Wildman–Crippen LogP) is 3.38. The normalized spacial score (nSPS) is 12.4. The number of aromatic carboxylic acids is 1. The summed E-state index contributed by atoms with van der Waals surface area (Å²) in [5.74, 6) is -0.356. The smallest absolute Gasteiger partial charge is 0.371 e. The quantitative estimate of drug-likeness (QED) is 0.792. The van der Waals surface area contributed by atoms with Crippen molar-refractivity contribution in [2.45, 2.75) is 46.1 Å². The largest absolute Gasteiger partial charge is 0.475 e. The highest BCUT2D eigenvalue weighted by Gasteiger charge is 2.17. The van der Waals surface area contributed by atoms with Crippen LogP contribution >= 0.6 is 0 Å². The molecule has 17 heavy (non-hydrogen) atoms. The molecule has 1 rings (SSSR count). The lowest BCUT2D eigenvalue weighted by Crippen LogP contribution is -2.33. The van der Waals surface area contributed by atoms with E-state index in [1.807, 2.05) is 0 Å². The molecule has 0 aliphatic rings. The first-order valence-electron chi connectivity index (χ1n) is 6.19. The van der Waals surface area contributed by atoms with Gasteiger partial charge in [-0.25, -0.2) is 4.79 Å². The average Bonchev–Trinajstić information content (AvgIpc) is 2.78. The maximum absolute atomic E-state index is 10.8. The van der Waals surface area contributed by atoms with Gasteiger partial charge in [-0.3, -0.25) is 0 Å². The molecule has 0 aliphatic carbocycles. The van der Waals surface area contributed by atoms with Crippen LogP contribution in [0.2, 0.25) is 0 Å². The summed E-state index contributed by atoms with van der Waals surface area (Å²) in [6, 6.07) is 3.61. The molecule has 0 fully saturated rings. The molecule has 1 N–H and O–H groups in total. The molecule has 0 spiro atoms. The second kappa shape index (κ2) is 6.33. The third kappa shape index (κ3) is 3.51. The molecule has 0 bridgehead atoms. The Morgan fingerprint density at radius 3 is 2.65 bits per heavy atom. The Hall–Kier alpha value is -1.45. The topological polar surface area (TPSA) is 53.7 Å². The zero-order chi connectivity index (χ0) is 12.8. The van der Waals surface area contributed by atoms with Gasteiger partial charge in [-0.1, -0.05) is 20.3 Å². The number of anilines is 1. The lowest BCUT2D eigenvalue weighted by molar-refractivity contribution is 0.0663. The third-order valence-corrected chi connectivity index (χ3v) is 2.96. The number of furan rings is 1. The third-order valence-electron chi connectivity index (χ3n) is 2.96. The van der Waals surface area contributed by atoms with Crippen LogP contribution in [0, 0.1) is 0 Å². The van der Waals surface area contributed by atoms with Crippen molar-refractivity contribution in [1.82, 2.24) is 0 Å². The van der Waals surface area contributed by atoms with Crippen LogP contribution in [0.1, 0.15) is 50.6 Å². The van der Waals surface area contributed by atoms with E-state index >= 15 is 0 Å². The fourth-order valence-corrected chi connectivity index (χ4v) is 1.69. The van der Waals surface area contributed by atoms with Gasteiger partial charge in [-0.05, 0) is 25.8 Å². The van der Waals surface area contributed by atoms with E-state index < -0.39 is 5.97 Å². The van der Waals surface area contributed by atoms with Gasteiger partial charge in [0.2, 0.25) is 5.76 Å². The predicted molar refractivity (Wildman–Crippen MR) is 67.7 cm³/mol. The molecule has 4 nitrogen and oxygen atoms in total. The molecule has 0 amide bonds. The highest BCUT2D eigenvalue weighted by Crippen LogP contribution is 2.22. The van der Waals surface area contributed by atoms with Crippen LogP contribution < -0.4 is 4.90 Å². The van der Waals surface area contributed by atoms with Gasteiger partial charge in [0.1, 0.15) is 0 Å². The minimum atomic E-state index is -1.02. The molecule has 4 heteroatoms. The van der Waals surface area contributed by atoms with Crippen molar-refractivity contribution in [2.24, 2.45) is 0 Å². The van der Waals surface area contributed by atoms with Crippen molar-refractivity contribution >= 4 is 11.9 Å². The number of unbranched alkanes of at least 4 members (excludes halogenated alkanes) is 1. The first kappa shape index (κ1) is 13.6. The Morgan fingerprint density at radius 1 is 1.47 bits per heavy atom. The van der Waals surface area contributed by atoms with E-state index in [1.54, 1.807) is 6.07 Å². The zero-order valence-corrected chi connectivity index (χ0v) is 10.8. The summed E-state index contributed by atoms with van der Waals surface area (Å²) in [7, 11) is 0. The summed E-state index contributed by atoms with van der Waals surface area (Å²) in [4.78, 5) is 12.9. The fraction of sp³-hybridized carbons (Fsp3) is 0.615. The van der Waals surface area contributed by atoms with Gasteiger partial charge in [-0.2, -0.15) is 0 Å². The minimum absolute atomic E-state index is 0.00445. The van der Waals surface area contributed by atoms with Gasteiger partial charge in [0, 0.05) is 18.7 Å². The molecule has 1 atom stereocenters. The van der Waals surface area contributed by atoms with E-state index in [4.69, 9.17) is 9.52 Å². The van der Waals surface area contributed by atoms with Crippen molar-refractivity contribution in [1.29, 1.82) is 0 Å². The Labute approximate surface area is 102 Å². The number of carboxylic acid groups (broad SMARTS) is 1. The maximum atomic E-state index is 10.8. The molecule has 0 saturated heterocycles. The van der Waals surface area contributed by atoms with E-state index in [0.717, 1.165) is 25.8 Å². The van der Waals surface area contributed by atoms with Crippen LogP contribution in [0.25, 0.3) is 0 Å². The summed E-state index contributed by atoms with van der Waals surface area (Å²) in [6.07, 6.45) is 3.19. The average molecular weight is 239 g/mol. The van der Waals surface area contributed by atoms with Gasteiger partial charge in [0.25, 0.3) is 0 Å². The summed E-state index contributed by atoms with van der Waals surface area (Å²) in [5, 5.41) is 8.84. The van der Waals surface area contributed by atoms with Gasteiger partial charge >= 0.3 is 5.97 Å². The van der Waals surface area contributed by atoms with Crippen molar-refractivity contribution in [3.8, 4) is 0 Å². The molecule has 0 radical (unpaired) electrons. The van der Waals surface area contributed by atoms with E-state index in [0.29, 0.717) is 11.9 Å². The van der Waals surface area contributed by atoms with Crippen LogP contribution in [0.15, 0.2) is 16.5 Å². The van der Waals surface area contributed by atoms with Crippen molar-refractivity contribution in [3.63, 3.8) is 0 Å². The monoisotopic (exact) mass is 239 g/mol. The molecular formula is C13H21NO3. The van der Waals surface area contributed by atoms with Crippen molar-refractivity contribution < 1.29 is 14.3 Å². The molecule has 0 aromatic carbocycles. The fourth-order valence-electron chi connectivity index (χ4n) is 1.69. The number of nitrogens with zero attached hydrogens (tertiary/aromatic N) is 1. The van der Waals surface area contributed by atoms with E-state index in [1.165, 1.54) is 6.07 Å². The standard InChI is InChI=1S/C13H21NO3/c1-4-6-9-14(10(3)5-2)12-8-7-11(17-12)13(15)16/h7-8,10H,4-6,9H2,1-3H3,(H,15,16). The zero-order valence-electron chi connectivity index (χ0n) is 10.8. The van der Waals surface area contributed by atoms with Gasteiger partial charge in [0.05, 0.1) is 0 Å². The van der Waals surface area contributed by atoms with Crippen LogP contribution in [0.4, 0.5) is 5.88 Å². The van der Waals surface area contributed by atoms with E-state index in [9.17, 15) is 4.79 Å². The number of hydrogen-bond donors (Lipinski definition) is 1. The second-order valence-electron chi connectivity index (χ2n) is 4.25. The first-order valence-corrected chi connectivity index (χ1v) is 6.19. The number of hydrogen-bond acceptors (Lipinski definition) is 3. The van der Waals surface area contributed by atoms with Gasteiger partial charge in [-0.15, -0.1) is 0 Å². The SMILES string of the molecule is CCCCN(c1ccc(C(=O)O)o1)C(C)CC. The molecule has 0 aliphatic heterocycles. The van der Waals surface area contributed by atoms with Gasteiger partial charge < -0.3 is 14.4 Å². The molecular weight excluding hydrogens is 218 g/mol. The highest BCUT2D eigenvalue weighted by atomic mass is 16.4. The van der Waals surface area contributed by atoms with E-state index in [2.05, 4.69) is 25.7 Å². The Morgan fingerprint density at radius 2 is 2.18 bits per heavy atom. The molecule has 96 valence electrons. The van der Waals surface area contributed by atoms with Gasteiger partial charge in [0.15, 0.2) is 5.88 Å². The second-order valence-corrected chi connectivity index (χ2v) is 4.25. The minimum Gasteiger partial charge on any atom is -0.475 e. The lowest BCUT2D eigenvalue weighted by atomic mass is 10.2.